The van der Waals surface area contributed by atoms with Crippen molar-refractivity contribution in [3.05, 3.63) is 34.9 Å². The van der Waals surface area contributed by atoms with E-state index in [-0.39, 0.29) is 29.4 Å². The lowest BCUT2D eigenvalue weighted by molar-refractivity contribution is -0.143. The van der Waals surface area contributed by atoms with Gasteiger partial charge in [0.15, 0.2) is 0 Å². The van der Waals surface area contributed by atoms with Gasteiger partial charge in [0.2, 0.25) is 5.91 Å². The monoisotopic (exact) mass is 404 g/mol. The van der Waals surface area contributed by atoms with Crippen LogP contribution >= 0.6 is 0 Å². The predicted molar refractivity (Wildman–Crippen MR) is 114 cm³/mol. The van der Waals surface area contributed by atoms with Crippen LogP contribution < -0.4 is 11.1 Å². The zero-order valence-electron chi connectivity index (χ0n) is 18.3. The van der Waals surface area contributed by atoms with Gasteiger partial charge in [0.1, 0.15) is 0 Å². The maximum absolute atomic E-state index is 11.8. The van der Waals surface area contributed by atoms with E-state index in [0.29, 0.717) is 18.5 Å². The summed E-state index contributed by atoms with van der Waals surface area (Å²) in [6.45, 7) is 8.81. The number of aliphatic carboxylic acids is 1. The van der Waals surface area contributed by atoms with Crippen molar-refractivity contribution in [1.29, 1.82) is 0 Å². The van der Waals surface area contributed by atoms with Gasteiger partial charge in [-0.1, -0.05) is 33.8 Å². The van der Waals surface area contributed by atoms with Crippen molar-refractivity contribution in [3.8, 4) is 0 Å². The first kappa shape index (κ1) is 23.4. The molecule has 1 aliphatic rings. The van der Waals surface area contributed by atoms with E-state index in [0.717, 1.165) is 24.8 Å². The number of benzene rings is 1. The lowest BCUT2D eigenvalue weighted by Crippen LogP contribution is -2.59. The largest absolute Gasteiger partial charge is 0.481 e. The number of carboxylic acids is 1. The number of rotatable bonds is 10. The molecule has 0 heterocycles. The van der Waals surface area contributed by atoms with Gasteiger partial charge in [0.05, 0.1) is 12.0 Å². The number of amides is 1. The van der Waals surface area contributed by atoms with Crippen molar-refractivity contribution < 1.29 is 19.4 Å². The second kappa shape index (κ2) is 9.72. The fourth-order valence-corrected chi connectivity index (χ4v) is 4.98. The molecule has 1 amide bonds. The molecule has 0 fully saturated rings. The van der Waals surface area contributed by atoms with Crippen LogP contribution in [0.3, 0.4) is 0 Å². The molecule has 6 nitrogen and oxygen atoms in total. The van der Waals surface area contributed by atoms with E-state index in [2.05, 4.69) is 19.2 Å². The number of carbonyl (C=O) groups excluding carboxylic acids is 1. The van der Waals surface area contributed by atoms with E-state index in [4.69, 9.17) is 10.5 Å². The highest BCUT2D eigenvalue weighted by Crippen LogP contribution is 2.44. The molecule has 162 valence electrons. The first-order valence-corrected chi connectivity index (χ1v) is 10.6. The molecule has 0 bridgehead atoms. The third-order valence-corrected chi connectivity index (χ3v) is 6.83. The van der Waals surface area contributed by atoms with Gasteiger partial charge in [-0.05, 0) is 55.0 Å². The van der Waals surface area contributed by atoms with Gasteiger partial charge in [0, 0.05) is 30.6 Å². The number of primary amides is 1. The van der Waals surface area contributed by atoms with Crippen LogP contribution in [-0.4, -0.2) is 42.8 Å². The summed E-state index contributed by atoms with van der Waals surface area (Å²) < 4.78 is 5.88. The van der Waals surface area contributed by atoms with Crippen molar-refractivity contribution in [2.45, 2.75) is 70.9 Å². The smallest absolute Gasteiger partial charge is 0.306 e. The Balaban J connectivity index is 2.37. The second-order valence-corrected chi connectivity index (χ2v) is 8.49. The highest BCUT2D eigenvalue weighted by Gasteiger charge is 2.46. The van der Waals surface area contributed by atoms with Gasteiger partial charge >= 0.3 is 5.97 Å². The molecule has 2 rings (SSSR count). The zero-order valence-corrected chi connectivity index (χ0v) is 18.3. The number of fused-ring (bicyclic) bond motifs is 1. The van der Waals surface area contributed by atoms with Gasteiger partial charge in [-0.3, -0.25) is 9.59 Å². The highest BCUT2D eigenvalue weighted by molar-refractivity contribution is 5.93. The number of nitrogens with two attached hydrogens (primary N) is 1. The van der Waals surface area contributed by atoms with Gasteiger partial charge in [-0.15, -0.1) is 0 Å². The lowest BCUT2D eigenvalue weighted by Gasteiger charge is -2.49. The van der Waals surface area contributed by atoms with Crippen LogP contribution in [-0.2, 0) is 21.4 Å². The number of hydrogen-bond donors (Lipinski definition) is 3. The minimum absolute atomic E-state index is 0.0239. The molecule has 0 spiro atoms. The van der Waals surface area contributed by atoms with E-state index in [1.54, 1.807) is 13.2 Å². The Hall–Kier alpha value is -1.92. The van der Waals surface area contributed by atoms with E-state index in [9.17, 15) is 14.7 Å². The number of carboxylic acid groups (broad SMARTS) is 1. The summed E-state index contributed by atoms with van der Waals surface area (Å²) in [5, 5.41) is 13.1. The van der Waals surface area contributed by atoms with Crippen molar-refractivity contribution in [3.63, 3.8) is 0 Å². The summed E-state index contributed by atoms with van der Waals surface area (Å²) in [6.07, 6.45) is 3.05. The number of hydrogen-bond acceptors (Lipinski definition) is 4. The minimum atomic E-state index is -0.748. The average molecular weight is 405 g/mol. The predicted octanol–water partition coefficient (Wildman–Crippen LogP) is 3.12. The molecule has 0 saturated carbocycles. The molecular formula is C23H36N2O4. The summed E-state index contributed by atoms with van der Waals surface area (Å²) in [6, 6.07) is 5.76. The van der Waals surface area contributed by atoms with E-state index in [1.165, 1.54) is 5.56 Å². The number of ether oxygens (including phenoxy) is 1. The Morgan fingerprint density at radius 3 is 2.45 bits per heavy atom. The molecule has 0 aliphatic heterocycles. The number of nitrogens with one attached hydrogen (secondary N) is 1. The third-order valence-electron chi connectivity index (χ3n) is 6.83. The second-order valence-electron chi connectivity index (χ2n) is 8.49. The van der Waals surface area contributed by atoms with Gasteiger partial charge < -0.3 is 20.9 Å². The van der Waals surface area contributed by atoms with Gasteiger partial charge in [-0.25, -0.2) is 0 Å². The molecule has 0 aromatic heterocycles. The molecule has 29 heavy (non-hydrogen) atoms. The minimum Gasteiger partial charge on any atom is -0.481 e. The van der Waals surface area contributed by atoms with E-state index >= 15 is 0 Å². The molecule has 1 aromatic rings. The van der Waals surface area contributed by atoms with Crippen LogP contribution in [0.1, 0.15) is 68.4 Å². The van der Waals surface area contributed by atoms with Crippen molar-refractivity contribution in [2.24, 2.45) is 17.6 Å². The Bertz CT molecular complexity index is 728. The fraction of sp³-hybridized carbons (Fsp3) is 0.652. The zero-order chi connectivity index (χ0) is 21.8. The van der Waals surface area contributed by atoms with Crippen molar-refractivity contribution in [2.75, 3.05) is 13.7 Å². The number of carbonyl (C=O) groups is 2. The Kier molecular flexibility index (Phi) is 7.83. The third kappa shape index (κ3) is 4.64. The van der Waals surface area contributed by atoms with E-state index in [1.807, 2.05) is 26.0 Å². The number of methoxy groups -OCH3 is 1. The van der Waals surface area contributed by atoms with Crippen LogP contribution in [0.25, 0.3) is 0 Å². The lowest BCUT2D eigenvalue weighted by atomic mass is 9.62. The fourth-order valence-electron chi connectivity index (χ4n) is 4.98. The molecular weight excluding hydrogens is 368 g/mol. The normalized spacial score (nSPS) is 21.6. The van der Waals surface area contributed by atoms with Crippen LogP contribution in [0.15, 0.2) is 18.2 Å². The van der Waals surface area contributed by atoms with Crippen LogP contribution in [0.5, 0.6) is 0 Å². The average Bonchev–Trinajstić information content (AvgIpc) is 2.69. The maximum Gasteiger partial charge on any atom is 0.306 e. The summed E-state index contributed by atoms with van der Waals surface area (Å²) >= 11 is 0. The summed E-state index contributed by atoms with van der Waals surface area (Å²) in [7, 11) is 1.73. The quantitative estimate of drug-likeness (QED) is 0.556. The van der Waals surface area contributed by atoms with Gasteiger partial charge in [0.25, 0.3) is 0 Å². The Morgan fingerprint density at radius 1 is 1.31 bits per heavy atom. The first-order chi connectivity index (χ1) is 13.7. The molecule has 1 aromatic carbocycles. The SMILES string of the molecule is CCC1(CC)c2cc(C(N)=O)ccc2C[C@H](OC)[C@H]1NCCC(C(=O)O)C(C)C. The molecule has 3 atom stereocenters. The van der Waals surface area contributed by atoms with E-state index < -0.39 is 11.9 Å². The molecule has 1 aliphatic carbocycles. The molecule has 0 saturated heterocycles. The Morgan fingerprint density at radius 2 is 1.97 bits per heavy atom. The van der Waals surface area contributed by atoms with Crippen LogP contribution in [0.2, 0.25) is 0 Å². The summed E-state index contributed by atoms with van der Waals surface area (Å²) in [4.78, 5) is 23.3. The standard InChI is InChI=1S/C23H36N2O4/c1-6-23(7-2)18-12-16(21(24)26)9-8-15(18)13-19(29-5)20(23)25-11-10-17(14(3)4)22(27)28/h8-9,12,14,17,19-20,25H,6-7,10-11,13H2,1-5H3,(H2,24,26)(H,27,28)/t17?,19-,20+/m0/s1. The highest BCUT2D eigenvalue weighted by atomic mass is 16.5. The van der Waals surface area contributed by atoms with Crippen LogP contribution in [0.4, 0.5) is 0 Å². The summed E-state index contributed by atoms with van der Waals surface area (Å²) in [5.41, 5.74) is 8.20. The maximum atomic E-state index is 11.8. The molecule has 6 heteroatoms. The molecule has 4 N–H and O–H groups in total. The first-order valence-electron chi connectivity index (χ1n) is 10.6. The molecule has 1 unspecified atom stereocenters. The topological polar surface area (TPSA) is 102 Å². The van der Waals surface area contributed by atoms with Crippen molar-refractivity contribution in [1.82, 2.24) is 5.32 Å². The summed E-state index contributed by atoms with van der Waals surface area (Å²) in [5.74, 6) is -1.46. The van der Waals surface area contributed by atoms with Gasteiger partial charge in [-0.2, -0.15) is 0 Å². The molecule has 0 radical (unpaired) electrons. The Labute approximate surface area is 174 Å². The van der Waals surface area contributed by atoms with Crippen molar-refractivity contribution >= 4 is 11.9 Å². The van der Waals surface area contributed by atoms with Crippen LogP contribution in [0, 0.1) is 11.8 Å².